The van der Waals surface area contributed by atoms with Gasteiger partial charge in [0.15, 0.2) is 11.5 Å². The van der Waals surface area contributed by atoms with Crippen LogP contribution < -0.4 is 14.2 Å². The lowest BCUT2D eigenvalue weighted by Crippen LogP contribution is -2.32. The second-order valence-corrected chi connectivity index (χ2v) is 9.92. The first-order chi connectivity index (χ1) is 15.9. The molecular formula is C24H30N2O6S. The number of sulfonamides is 1. The first kappa shape index (κ1) is 23.4. The van der Waals surface area contributed by atoms with Gasteiger partial charge in [0.05, 0.1) is 13.2 Å². The number of rotatable bonds is 7. The number of benzene rings is 2. The van der Waals surface area contributed by atoms with Crippen molar-refractivity contribution in [2.24, 2.45) is 0 Å². The molecule has 0 saturated carbocycles. The van der Waals surface area contributed by atoms with Crippen LogP contribution >= 0.6 is 0 Å². The number of amides is 1. The average molecular weight is 475 g/mol. The molecule has 2 aromatic carbocycles. The van der Waals surface area contributed by atoms with Gasteiger partial charge < -0.3 is 19.1 Å². The fraction of sp³-hybridized carbons (Fsp3) is 0.458. The molecule has 1 atom stereocenters. The predicted octanol–water partition coefficient (Wildman–Crippen LogP) is 3.47. The van der Waals surface area contributed by atoms with Crippen LogP contribution in [0.5, 0.6) is 17.2 Å². The second-order valence-electron chi connectivity index (χ2n) is 8.01. The Labute approximate surface area is 195 Å². The second kappa shape index (κ2) is 9.61. The monoisotopic (exact) mass is 474 g/mol. The van der Waals surface area contributed by atoms with Gasteiger partial charge in [0.2, 0.25) is 10.0 Å². The molecule has 2 aliphatic rings. The molecule has 2 aliphatic heterocycles. The van der Waals surface area contributed by atoms with E-state index in [0.29, 0.717) is 49.9 Å². The molecule has 0 aliphatic carbocycles. The summed E-state index contributed by atoms with van der Waals surface area (Å²) in [7, 11) is -2.37. The number of methoxy groups -OCH3 is 1. The van der Waals surface area contributed by atoms with Crippen LogP contribution in [0.2, 0.25) is 0 Å². The van der Waals surface area contributed by atoms with Gasteiger partial charge in [0.1, 0.15) is 23.9 Å². The van der Waals surface area contributed by atoms with Crippen LogP contribution in [0.3, 0.4) is 0 Å². The van der Waals surface area contributed by atoms with Crippen LogP contribution in [0.15, 0.2) is 41.3 Å². The summed E-state index contributed by atoms with van der Waals surface area (Å²) in [5, 5.41) is 0. The highest BCUT2D eigenvalue weighted by Crippen LogP contribution is 2.39. The van der Waals surface area contributed by atoms with Gasteiger partial charge in [-0.3, -0.25) is 4.79 Å². The molecule has 8 nitrogen and oxygen atoms in total. The van der Waals surface area contributed by atoms with Gasteiger partial charge in [-0.15, -0.1) is 0 Å². The van der Waals surface area contributed by atoms with Crippen molar-refractivity contribution in [2.45, 2.75) is 37.6 Å². The molecule has 4 rings (SSSR count). The van der Waals surface area contributed by atoms with Crippen LogP contribution in [0.4, 0.5) is 0 Å². The first-order valence-corrected chi connectivity index (χ1v) is 12.7. The molecule has 1 fully saturated rings. The zero-order valence-corrected chi connectivity index (χ0v) is 20.1. The van der Waals surface area contributed by atoms with E-state index in [-0.39, 0.29) is 22.6 Å². The molecule has 1 unspecified atom stereocenters. The first-order valence-electron chi connectivity index (χ1n) is 11.3. The lowest BCUT2D eigenvalue weighted by atomic mass is 10.0. The number of carbonyl (C=O) groups is 1. The molecule has 0 radical (unpaired) electrons. The number of likely N-dealkylation sites (tertiary alicyclic amines) is 1. The van der Waals surface area contributed by atoms with E-state index in [2.05, 4.69) is 0 Å². The third-order valence-corrected chi connectivity index (χ3v) is 8.27. The van der Waals surface area contributed by atoms with E-state index in [1.54, 1.807) is 30.9 Å². The average Bonchev–Trinajstić information content (AvgIpc) is 3.33. The predicted molar refractivity (Wildman–Crippen MR) is 124 cm³/mol. The van der Waals surface area contributed by atoms with Gasteiger partial charge in [-0.25, -0.2) is 8.42 Å². The van der Waals surface area contributed by atoms with Crippen LogP contribution in [0.1, 0.15) is 48.7 Å². The molecule has 2 heterocycles. The van der Waals surface area contributed by atoms with Gasteiger partial charge in [0, 0.05) is 25.2 Å². The Morgan fingerprint density at radius 3 is 2.52 bits per heavy atom. The molecule has 1 saturated heterocycles. The number of hydrogen-bond acceptors (Lipinski definition) is 6. The third-order valence-electron chi connectivity index (χ3n) is 6.20. The Hall–Kier alpha value is -2.78. The Morgan fingerprint density at radius 1 is 1.09 bits per heavy atom. The minimum Gasteiger partial charge on any atom is -0.495 e. The molecule has 0 N–H and O–H groups in total. The highest BCUT2D eigenvalue weighted by Gasteiger charge is 2.33. The van der Waals surface area contributed by atoms with Crippen LogP contribution in [0, 0.1) is 0 Å². The molecular weight excluding hydrogens is 444 g/mol. The molecule has 9 heteroatoms. The number of carbonyl (C=O) groups excluding carboxylic acids is 1. The summed E-state index contributed by atoms with van der Waals surface area (Å²) in [5.41, 5.74) is 1.31. The smallest absolute Gasteiger partial charge is 0.254 e. The van der Waals surface area contributed by atoms with Crippen molar-refractivity contribution in [1.82, 2.24) is 9.21 Å². The van der Waals surface area contributed by atoms with Crippen molar-refractivity contribution in [3.05, 3.63) is 47.5 Å². The Morgan fingerprint density at radius 2 is 1.82 bits per heavy atom. The summed E-state index contributed by atoms with van der Waals surface area (Å²) < 4.78 is 44.4. The molecule has 0 bridgehead atoms. The van der Waals surface area contributed by atoms with E-state index in [4.69, 9.17) is 14.2 Å². The largest absolute Gasteiger partial charge is 0.495 e. The molecule has 2 aromatic rings. The van der Waals surface area contributed by atoms with Gasteiger partial charge in [-0.05, 0) is 48.7 Å². The standard InChI is InChI=1S/C24H30N2O6S/c1-4-25(5-2)33(28,29)23-16-18(9-11-21(23)30-3)24(27)26-12-6-7-19(26)17-8-10-20-22(15-17)32-14-13-31-20/h8-11,15-16,19H,4-7,12-14H2,1-3H3. The minimum atomic E-state index is -3.79. The van der Waals surface area contributed by atoms with Crippen molar-refractivity contribution >= 4 is 15.9 Å². The minimum absolute atomic E-state index is 0.00891. The fourth-order valence-corrected chi connectivity index (χ4v) is 6.14. The maximum absolute atomic E-state index is 13.5. The van der Waals surface area contributed by atoms with E-state index in [0.717, 1.165) is 18.4 Å². The fourth-order valence-electron chi connectivity index (χ4n) is 4.50. The zero-order chi connectivity index (χ0) is 23.6. The summed E-state index contributed by atoms with van der Waals surface area (Å²) in [6.07, 6.45) is 1.69. The van der Waals surface area contributed by atoms with E-state index in [1.807, 2.05) is 18.2 Å². The number of fused-ring (bicyclic) bond motifs is 1. The van der Waals surface area contributed by atoms with Gasteiger partial charge >= 0.3 is 0 Å². The Kier molecular flexibility index (Phi) is 6.81. The summed E-state index contributed by atoms with van der Waals surface area (Å²) in [4.78, 5) is 15.3. The van der Waals surface area contributed by atoms with Crippen molar-refractivity contribution in [1.29, 1.82) is 0 Å². The summed E-state index contributed by atoms with van der Waals surface area (Å²) in [5.74, 6) is 1.42. The lowest BCUT2D eigenvalue weighted by molar-refractivity contribution is 0.0735. The van der Waals surface area contributed by atoms with E-state index in [1.165, 1.54) is 17.5 Å². The molecule has 33 heavy (non-hydrogen) atoms. The third kappa shape index (κ3) is 4.39. The maximum atomic E-state index is 13.5. The van der Waals surface area contributed by atoms with Crippen molar-refractivity contribution < 1.29 is 27.4 Å². The highest BCUT2D eigenvalue weighted by atomic mass is 32.2. The topological polar surface area (TPSA) is 85.4 Å². The Balaban J connectivity index is 1.66. The highest BCUT2D eigenvalue weighted by molar-refractivity contribution is 7.89. The molecule has 178 valence electrons. The molecule has 0 aromatic heterocycles. The quantitative estimate of drug-likeness (QED) is 0.611. The van der Waals surface area contributed by atoms with Gasteiger partial charge in [-0.1, -0.05) is 19.9 Å². The lowest BCUT2D eigenvalue weighted by Gasteiger charge is -2.27. The zero-order valence-electron chi connectivity index (χ0n) is 19.2. The number of hydrogen-bond donors (Lipinski definition) is 0. The van der Waals surface area contributed by atoms with E-state index >= 15 is 0 Å². The van der Waals surface area contributed by atoms with Crippen molar-refractivity contribution in [3.8, 4) is 17.2 Å². The number of nitrogens with zero attached hydrogens (tertiary/aromatic N) is 2. The normalized spacial score (nSPS) is 17.9. The number of ether oxygens (including phenoxy) is 3. The van der Waals surface area contributed by atoms with Crippen LogP contribution in [0.25, 0.3) is 0 Å². The summed E-state index contributed by atoms with van der Waals surface area (Å²) in [6.45, 7) is 5.85. The van der Waals surface area contributed by atoms with E-state index in [9.17, 15) is 13.2 Å². The summed E-state index contributed by atoms with van der Waals surface area (Å²) in [6, 6.07) is 10.3. The van der Waals surface area contributed by atoms with Crippen molar-refractivity contribution in [3.63, 3.8) is 0 Å². The Bertz CT molecular complexity index is 1130. The molecule has 0 spiro atoms. The SMILES string of the molecule is CCN(CC)S(=O)(=O)c1cc(C(=O)N2CCCC2c2ccc3c(c2)OCCO3)ccc1OC. The maximum Gasteiger partial charge on any atom is 0.254 e. The van der Waals surface area contributed by atoms with Crippen LogP contribution in [-0.4, -0.2) is 63.5 Å². The van der Waals surface area contributed by atoms with E-state index < -0.39 is 10.0 Å². The van der Waals surface area contributed by atoms with Crippen LogP contribution in [-0.2, 0) is 10.0 Å². The molecule has 1 amide bonds. The van der Waals surface area contributed by atoms with Gasteiger partial charge in [0.25, 0.3) is 5.91 Å². The summed E-state index contributed by atoms with van der Waals surface area (Å²) >= 11 is 0. The van der Waals surface area contributed by atoms with Gasteiger partial charge in [-0.2, -0.15) is 4.31 Å². The van der Waals surface area contributed by atoms with Crippen molar-refractivity contribution in [2.75, 3.05) is 40.0 Å².